The molecule has 0 aliphatic carbocycles. The summed E-state index contributed by atoms with van der Waals surface area (Å²) in [6.45, 7) is 0. The Morgan fingerprint density at radius 2 is 2.40 bits per heavy atom. The fourth-order valence-electron chi connectivity index (χ4n) is 1.14. The first-order valence-corrected chi connectivity index (χ1v) is 5.76. The molecule has 0 aliphatic rings. The van der Waals surface area contributed by atoms with Crippen molar-refractivity contribution in [3.8, 4) is 16.5 Å². The number of thiophene rings is 1. The molecule has 0 radical (unpaired) electrons. The van der Waals surface area contributed by atoms with Gasteiger partial charge in [0.1, 0.15) is 10.6 Å². The van der Waals surface area contributed by atoms with E-state index in [1.54, 1.807) is 7.11 Å². The maximum absolute atomic E-state index is 5.58. The van der Waals surface area contributed by atoms with E-state index in [9.17, 15) is 0 Å². The van der Waals surface area contributed by atoms with Gasteiger partial charge in [-0.25, -0.2) is 0 Å². The molecular weight excluding hydrogens is 236 g/mol. The van der Waals surface area contributed by atoms with Crippen LogP contribution in [0.1, 0.15) is 5.89 Å². The van der Waals surface area contributed by atoms with Crippen LogP contribution in [0, 0.1) is 0 Å². The van der Waals surface area contributed by atoms with Gasteiger partial charge in [-0.15, -0.1) is 33.1 Å². The van der Waals surface area contributed by atoms with Gasteiger partial charge in [-0.1, -0.05) is 0 Å². The summed E-state index contributed by atoms with van der Waals surface area (Å²) in [6.07, 6.45) is 0.586. The highest BCUT2D eigenvalue weighted by molar-refractivity contribution is 7.13. The van der Waals surface area contributed by atoms with Crippen LogP contribution >= 0.6 is 22.9 Å². The smallest absolute Gasteiger partial charge is 0.261 e. The minimum atomic E-state index is 0.475. The fraction of sp³-hybridized carbons (Fsp3) is 0.333. The highest BCUT2D eigenvalue weighted by Gasteiger charge is 2.14. The fourth-order valence-corrected chi connectivity index (χ4v) is 2.08. The Morgan fingerprint density at radius 1 is 1.53 bits per heavy atom. The number of halogens is 1. The minimum Gasteiger partial charge on any atom is -0.495 e. The Balaban J connectivity index is 2.28. The van der Waals surface area contributed by atoms with Crippen LogP contribution in [0.25, 0.3) is 10.8 Å². The molecule has 0 bridgehead atoms. The lowest BCUT2D eigenvalue weighted by molar-refractivity contribution is 0.415. The Hall–Kier alpha value is -1.07. The SMILES string of the molecule is COc1ccsc1-c1nnc(CCCl)o1. The van der Waals surface area contributed by atoms with Crippen LogP contribution in [0.4, 0.5) is 0 Å². The molecule has 0 spiro atoms. The Morgan fingerprint density at radius 3 is 3.13 bits per heavy atom. The van der Waals surface area contributed by atoms with Crippen LogP contribution in [0.15, 0.2) is 15.9 Å². The van der Waals surface area contributed by atoms with Crippen molar-refractivity contribution in [2.24, 2.45) is 0 Å². The summed E-state index contributed by atoms with van der Waals surface area (Å²) in [4.78, 5) is 0.853. The number of aromatic nitrogens is 2. The lowest BCUT2D eigenvalue weighted by Crippen LogP contribution is -1.84. The number of hydrogen-bond donors (Lipinski definition) is 0. The molecule has 0 saturated carbocycles. The monoisotopic (exact) mass is 244 g/mol. The van der Waals surface area contributed by atoms with Crippen molar-refractivity contribution in [3.63, 3.8) is 0 Å². The van der Waals surface area contributed by atoms with Gasteiger partial charge in [0.2, 0.25) is 5.89 Å². The molecule has 0 unspecified atom stereocenters. The van der Waals surface area contributed by atoms with Crippen LogP contribution in [-0.4, -0.2) is 23.2 Å². The Bertz CT molecular complexity index is 441. The van der Waals surface area contributed by atoms with E-state index in [-0.39, 0.29) is 0 Å². The summed E-state index contributed by atoms with van der Waals surface area (Å²) >= 11 is 7.08. The highest BCUT2D eigenvalue weighted by Crippen LogP contribution is 2.34. The molecule has 4 nitrogen and oxygen atoms in total. The van der Waals surface area contributed by atoms with Crippen LogP contribution < -0.4 is 4.74 Å². The third-order valence-electron chi connectivity index (χ3n) is 1.82. The van der Waals surface area contributed by atoms with E-state index in [2.05, 4.69) is 10.2 Å². The molecule has 0 aromatic carbocycles. The van der Waals surface area contributed by atoms with Crippen molar-refractivity contribution in [1.82, 2.24) is 10.2 Å². The molecule has 2 rings (SSSR count). The first kappa shape index (κ1) is 10.4. The second-order valence-electron chi connectivity index (χ2n) is 2.76. The zero-order valence-corrected chi connectivity index (χ0v) is 9.64. The lowest BCUT2D eigenvalue weighted by atomic mass is 10.4. The predicted octanol–water partition coefficient (Wildman–Crippen LogP) is 2.59. The predicted molar refractivity (Wildman–Crippen MR) is 58.6 cm³/mol. The van der Waals surface area contributed by atoms with E-state index < -0.39 is 0 Å². The number of rotatable bonds is 4. The van der Waals surface area contributed by atoms with Crippen molar-refractivity contribution < 1.29 is 9.15 Å². The van der Waals surface area contributed by atoms with Crippen LogP contribution in [-0.2, 0) is 6.42 Å². The second kappa shape index (κ2) is 4.63. The summed E-state index contributed by atoms with van der Waals surface area (Å²) < 4.78 is 10.6. The van der Waals surface area contributed by atoms with Gasteiger partial charge in [0.15, 0.2) is 0 Å². The Labute approximate surface area is 95.8 Å². The zero-order chi connectivity index (χ0) is 10.7. The van der Waals surface area contributed by atoms with E-state index in [4.69, 9.17) is 20.8 Å². The van der Waals surface area contributed by atoms with Gasteiger partial charge in [0.05, 0.1) is 7.11 Å². The average Bonchev–Trinajstić information content (AvgIpc) is 2.84. The van der Waals surface area contributed by atoms with Crippen molar-refractivity contribution in [1.29, 1.82) is 0 Å². The van der Waals surface area contributed by atoms with E-state index in [1.807, 2.05) is 11.4 Å². The quantitative estimate of drug-likeness (QED) is 0.776. The van der Waals surface area contributed by atoms with E-state index >= 15 is 0 Å². The van der Waals surface area contributed by atoms with E-state index in [0.717, 1.165) is 10.6 Å². The summed E-state index contributed by atoms with van der Waals surface area (Å²) in [5.74, 6) is 2.27. The molecule has 80 valence electrons. The summed E-state index contributed by atoms with van der Waals surface area (Å²) in [7, 11) is 1.61. The van der Waals surface area contributed by atoms with Crippen molar-refractivity contribution in [2.45, 2.75) is 6.42 Å². The molecule has 0 atom stereocenters. The number of alkyl halides is 1. The Kier molecular flexibility index (Phi) is 3.23. The van der Waals surface area contributed by atoms with Gasteiger partial charge in [-0.2, -0.15) is 0 Å². The van der Waals surface area contributed by atoms with Gasteiger partial charge >= 0.3 is 0 Å². The van der Waals surface area contributed by atoms with Crippen molar-refractivity contribution in [2.75, 3.05) is 13.0 Å². The normalized spacial score (nSPS) is 10.5. The number of methoxy groups -OCH3 is 1. The summed E-state index contributed by atoms with van der Waals surface area (Å²) in [5, 5.41) is 9.74. The molecule has 15 heavy (non-hydrogen) atoms. The standard InChI is InChI=1S/C9H9ClN2O2S/c1-13-6-3-5-15-8(6)9-12-11-7(14-9)2-4-10/h3,5H,2,4H2,1H3. The molecule has 0 N–H and O–H groups in total. The second-order valence-corrected chi connectivity index (χ2v) is 4.05. The third-order valence-corrected chi connectivity index (χ3v) is 2.89. The van der Waals surface area contributed by atoms with Crippen LogP contribution in [0.3, 0.4) is 0 Å². The minimum absolute atomic E-state index is 0.475. The molecule has 0 fully saturated rings. The van der Waals surface area contributed by atoms with E-state index in [0.29, 0.717) is 24.1 Å². The topological polar surface area (TPSA) is 48.2 Å². The maximum Gasteiger partial charge on any atom is 0.261 e. The van der Waals surface area contributed by atoms with Crippen LogP contribution in [0.5, 0.6) is 5.75 Å². The molecule has 2 aromatic heterocycles. The number of aryl methyl sites for hydroxylation is 1. The van der Waals surface area contributed by atoms with Gasteiger partial charge in [-0.3, -0.25) is 0 Å². The molecule has 0 amide bonds. The lowest BCUT2D eigenvalue weighted by Gasteiger charge is -1.96. The average molecular weight is 245 g/mol. The number of hydrogen-bond acceptors (Lipinski definition) is 5. The third kappa shape index (κ3) is 2.13. The largest absolute Gasteiger partial charge is 0.495 e. The molecule has 2 heterocycles. The number of ether oxygens (including phenoxy) is 1. The highest BCUT2D eigenvalue weighted by atomic mass is 35.5. The molecular formula is C9H9ClN2O2S. The van der Waals surface area contributed by atoms with Gasteiger partial charge in [-0.05, 0) is 11.4 Å². The molecule has 0 saturated heterocycles. The van der Waals surface area contributed by atoms with E-state index in [1.165, 1.54) is 11.3 Å². The van der Waals surface area contributed by atoms with Crippen molar-refractivity contribution >= 4 is 22.9 Å². The molecule has 0 aliphatic heterocycles. The zero-order valence-electron chi connectivity index (χ0n) is 8.07. The summed E-state index contributed by atoms with van der Waals surface area (Å²) in [6, 6.07) is 1.87. The van der Waals surface area contributed by atoms with Gasteiger partial charge < -0.3 is 9.15 Å². The van der Waals surface area contributed by atoms with Gasteiger partial charge in [0, 0.05) is 12.3 Å². The maximum atomic E-state index is 5.58. The van der Waals surface area contributed by atoms with Crippen LogP contribution in [0.2, 0.25) is 0 Å². The summed E-state index contributed by atoms with van der Waals surface area (Å²) in [5.41, 5.74) is 0. The number of nitrogens with zero attached hydrogens (tertiary/aromatic N) is 2. The molecule has 2 aromatic rings. The van der Waals surface area contributed by atoms with Gasteiger partial charge in [0.25, 0.3) is 5.89 Å². The first-order valence-electron chi connectivity index (χ1n) is 4.35. The first-order chi connectivity index (χ1) is 7.35. The molecule has 6 heteroatoms. The van der Waals surface area contributed by atoms with Crippen molar-refractivity contribution in [3.05, 3.63) is 17.3 Å².